The maximum absolute atomic E-state index is 14.2. The number of carbonyl (C=O) groups is 5. The highest BCUT2D eigenvalue weighted by Gasteiger charge is 2.46. The summed E-state index contributed by atoms with van der Waals surface area (Å²) in [5, 5.41) is 2.19. The Morgan fingerprint density at radius 1 is 0.863 bits per heavy atom. The van der Waals surface area contributed by atoms with E-state index in [-0.39, 0.29) is 67.7 Å². The van der Waals surface area contributed by atoms with Gasteiger partial charge < -0.3 is 19.3 Å². The van der Waals surface area contributed by atoms with Crippen molar-refractivity contribution in [3.8, 4) is 5.75 Å². The van der Waals surface area contributed by atoms with Gasteiger partial charge in [0, 0.05) is 48.9 Å². The lowest BCUT2D eigenvalue weighted by molar-refractivity contribution is -0.136. The number of anilines is 2. The van der Waals surface area contributed by atoms with Crippen molar-refractivity contribution in [2.24, 2.45) is 0 Å². The molecule has 0 radical (unpaired) electrons. The van der Waals surface area contributed by atoms with Gasteiger partial charge in [-0.2, -0.15) is 0 Å². The molecule has 4 heterocycles. The highest BCUT2D eigenvalue weighted by atomic mass is 32.2. The van der Waals surface area contributed by atoms with Gasteiger partial charge in [0.1, 0.15) is 24.2 Å². The minimum absolute atomic E-state index is 0.0233. The van der Waals surface area contributed by atoms with E-state index in [4.69, 9.17) is 9.47 Å². The van der Waals surface area contributed by atoms with Crippen LogP contribution in [0.4, 0.5) is 15.8 Å². The summed E-state index contributed by atoms with van der Waals surface area (Å²) < 4.78 is 25.6. The van der Waals surface area contributed by atoms with Crippen molar-refractivity contribution in [1.82, 2.24) is 20.0 Å². The van der Waals surface area contributed by atoms with Crippen molar-refractivity contribution in [2.45, 2.75) is 41.5 Å². The maximum atomic E-state index is 14.2. The Bertz CT molecular complexity index is 1870. The summed E-state index contributed by atoms with van der Waals surface area (Å²) in [6.07, 6.45) is 1.24. The van der Waals surface area contributed by atoms with Crippen LogP contribution >= 0.6 is 11.8 Å². The van der Waals surface area contributed by atoms with Gasteiger partial charge in [0.15, 0.2) is 0 Å². The summed E-state index contributed by atoms with van der Waals surface area (Å²) >= 11 is 1.66. The van der Waals surface area contributed by atoms with Gasteiger partial charge in [0.2, 0.25) is 17.7 Å². The molecule has 12 nitrogen and oxygen atoms in total. The molecule has 1 N–H and O–H groups in total. The summed E-state index contributed by atoms with van der Waals surface area (Å²) in [6, 6.07) is 16.8. The van der Waals surface area contributed by atoms with Crippen molar-refractivity contribution in [3.63, 3.8) is 0 Å². The average Bonchev–Trinajstić information content (AvgIpc) is 3.39. The second kappa shape index (κ2) is 15.2. The summed E-state index contributed by atoms with van der Waals surface area (Å²) in [6.45, 7) is 4.95. The molecule has 5 amide bonds. The molecule has 0 aromatic heterocycles. The minimum atomic E-state index is -1.05. The number of hydrogen-bond acceptors (Lipinski definition) is 10. The number of nitrogens with zero attached hydrogens (tertiary/aromatic N) is 4. The number of halogens is 1. The SMILES string of the molecule is O=C1CCC(N2C(=O)c3cccc(OCCOCCC(=O)N4CCN(CCCN5c6ccccc6Sc6ccc(F)cc65)CC4)c3C2=O)C(=O)N1. The van der Waals surface area contributed by atoms with E-state index in [0.717, 1.165) is 58.7 Å². The normalized spacial score (nSPS) is 18.8. The minimum Gasteiger partial charge on any atom is -0.490 e. The Morgan fingerprint density at radius 2 is 1.67 bits per heavy atom. The van der Waals surface area contributed by atoms with E-state index in [1.165, 1.54) is 12.1 Å². The Balaban J connectivity index is 0.813. The standard InChI is InChI=1S/C37H38FN5O7S/c38-24-9-11-31-28(23-24)42(26-6-1-2-8-30(26)51-31)15-4-14-40-16-18-41(19-17-40)33(45)13-20-49-21-22-50-29-7-3-5-25-34(29)37(48)43(36(25)47)27-10-12-32(44)39-35(27)46/h1-3,5-9,11,23,27H,4,10,12-22H2,(H,39,44,46). The fourth-order valence-corrected chi connectivity index (χ4v) is 8.03. The van der Waals surface area contributed by atoms with Gasteiger partial charge in [-0.15, -0.1) is 0 Å². The van der Waals surface area contributed by atoms with Crippen molar-refractivity contribution in [2.75, 3.05) is 64.0 Å². The van der Waals surface area contributed by atoms with Crippen LogP contribution in [0.1, 0.15) is 46.4 Å². The van der Waals surface area contributed by atoms with Gasteiger partial charge in [-0.3, -0.25) is 39.1 Å². The lowest BCUT2D eigenvalue weighted by Gasteiger charge is -2.36. The Morgan fingerprint density at radius 3 is 2.49 bits per heavy atom. The Labute approximate surface area is 298 Å². The van der Waals surface area contributed by atoms with E-state index in [2.05, 4.69) is 27.2 Å². The van der Waals surface area contributed by atoms with Crippen LogP contribution in [-0.4, -0.2) is 109 Å². The number of benzene rings is 3. The van der Waals surface area contributed by atoms with Crippen molar-refractivity contribution in [3.05, 3.63) is 77.6 Å². The van der Waals surface area contributed by atoms with E-state index < -0.39 is 29.7 Å². The molecule has 7 rings (SSSR count). The second-order valence-corrected chi connectivity index (χ2v) is 13.8. The first-order valence-corrected chi connectivity index (χ1v) is 18.0. The first-order chi connectivity index (χ1) is 24.8. The van der Waals surface area contributed by atoms with Gasteiger partial charge in [-0.25, -0.2) is 4.39 Å². The molecule has 1 atom stereocenters. The van der Waals surface area contributed by atoms with Crippen molar-refractivity contribution >= 4 is 52.7 Å². The summed E-state index contributed by atoms with van der Waals surface area (Å²) in [5.74, 6) is -2.36. The van der Waals surface area contributed by atoms with Crippen molar-refractivity contribution in [1.29, 1.82) is 0 Å². The van der Waals surface area contributed by atoms with E-state index in [9.17, 15) is 28.4 Å². The number of rotatable bonds is 12. The number of nitrogens with one attached hydrogen (secondary N) is 1. The molecule has 14 heteroatoms. The van der Waals surface area contributed by atoms with Crippen LogP contribution in [0, 0.1) is 5.82 Å². The lowest BCUT2D eigenvalue weighted by atomic mass is 10.0. The first-order valence-electron chi connectivity index (χ1n) is 17.2. The number of carbonyl (C=O) groups excluding carboxylic acids is 5. The van der Waals surface area contributed by atoms with E-state index in [1.54, 1.807) is 30.0 Å². The summed E-state index contributed by atoms with van der Waals surface area (Å²) in [7, 11) is 0. The fraction of sp³-hybridized carbons (Fsp3) is 0.378. The molecule has 0 aliphatic carbocycles. The third-order valence-electron chi connectivity index (χ3n) is 9.54. The molecule has 266 valence electrons. The van der Waals surface area contributed by atoms with Gasteiger partial charge >= 0.3 is 0 Å². The molecule has 4 aliphatic heterocycles. The van der Waals surface area contributed by atoms with Gasteiger partial charge in [0.25, 0.3) is 11.8 Å². The molecule has 3 aromatic rings. The smallest absolute Gasteiger partial charge is 0.266 e. The van der Waals surface area contributed by atoms with E-state index >= 15 is 0 Å². The molecular formula is C37H38FN5O7S. The second-order valence-electron chi connectivity index (χ2n) is 12.7. The lowest BCUT2D eigenvalue weighted by Crippen LogP contribution is -2.54. The highest BCUT2D eigenvalue weighted by Crippen LogP contribution is 2.48. The maximum Gasteiger partial charge on any atom is 0.266 e. The predicted molar refractivity (Wildman–Crippen MR) is 186 cm³/mol. The number of ether oxygens (including phenoxy) is 2. The predicted octanol–water partition coefficient (Wildman–Crippen LogP) is 3.85. The molecule has 0 spiro atoms. The number of hydrogen-bond donors (Lipinski definition) is 1. The van der Waals surface area contributed by atoms with E-state index in [1.807, 2.05) is 23.1 Å². The zero-order valence-electron chi connectivity index (χ0n) is 28.0. The average molecular weight is 716 g/mol. The van der Waals surface area contributed by atoms with Gasteiger partial charge in [-0.05, 0) is 61.9 Å². The number of imide groups is 2. The first kappa shape index (κ1) is 34.6. The van der Waals surface area contributed by atoms with Crippen LogP contribution in [0.3, 0.4) is 0 Å². The van der Waals surface area contributed by atoms with Crippen LogP contribution in [0.5, 0.6) is 5.75 Å². The van der Waals surface area contributed by atoms with Gasteiger partial charge in [-0.1, -0.05) is 30.0 Å². The molecule has 0 bridgehead atoms. The Kier molecular flexibility index (Phi) is 10.3. The topological polar surface area (TPSA) is 129 Å². The highest BCUT2D eigenvalue weighted by molar-refractivity contribution is 7.99. The van der Waals surface area contributed by atoms with Crippen LogP contribution < -0.4 is 15.0 Å². The summed E-state index contributed by atoms with van der Waals surface area (Å²) in [5.41, 5.74) is 2.22. The number of amides is 5. The number of piperazine rings is 1. The molecule has 51 heavy (non-hydrogen) atoms. The molecule has 4 aliphatic rings. The third kappa shape index (κ3) is 7.34. The molecule has 2 saturated heterocycles. The monoisotopic (exact) mass is 715 g/mol. The largest absolute Gasteiger partial charge is 0.490 e. The number of fused-ring (bicyclic) bond motifs is 3. The molecule has 1 unspecified atom stereocenters. The van der Waals surface area contributed by atoms with Crippen LogP contribution in [-0.2, 0) is 19.1 Å². The van der Waals surface area contributed by atoms with E-state index in [0.29, 0.717) is 13.1 Å². The van der Waals surface area contributed by atoms with Crippen LogP contribution in [0.2, 0.25) is 0 Å². The van der Waals surface area contributed by atoms with Gasteiger partial charge in [0.05, 0.1) is 42.1 Å². The van der Waals surface area contributed by atoms with Crippen LogP contribution in [0.25, 0.3) is 0 Å². The Hall–Kier alpha value is -4.79. The third-order valence-corrected chi connectivity index (χ3v) is 10.7. The summed E-state index contributed by atoms with van der Waals surface area (Å²) in [4.78, 5) is 72.5. The molecule has 2 fully saturated rings. The zero-order valence-corrected chi connectivity index (χ0v) is 28.8. The fourth-order valence-electron chi connectivity index (χ4n) is 6.95. The molecular weight excluding hydrogens is 678 g/mol. The quantitative estimate of drug-likeness (QED) is 0.218. The van der Waals surface area contributed by atoms with Crippen LogP contribution in [0.15, 0.2) is 70.5 Å². The molecule has 0 saturated carbocycles. The number of para-hydroxylation sites is 1. The zero-order chi connectivity index (χ0) is 35.5. The van der Waals surface area contributed by atoms with Crippen molar-refractivity contribution < 1.29 is 37.8 Å². The number of piperidine rings is 1. The molecule has 3 aromatic carbocycles.